The number of nitrogens with zero attached hydrogens (tertiary/aromatic N) is 1. The standard InChI is InChI=1S/C12H11ClN2O2S2/c1-7-6-14-12(18-7)15-11(17)5-2-8(16)9-3-4-10(13)19-9/h3-4,6H,2,5H2,1H3,(H,14,15,17). The highest BCUT2D eigenvalue weighted by Crippen LogP contribution is 2.23. The van der Waals surface area contributed by atoms with E-state index in [-0.39, 0.29) is 24.5 Å². The average Bonchev–Trinajstić information content (AvgIpc) is 2.95. The second-order valence-corrected chi connectivity index (χ2v) is 6.80. The number of thiazole rings is 1. The maximum absolute atomic E-state index is 11.8. The molecular weight excluding hydrogens is 304 g/mol. The Hall–Kier alpha value is -1.24. The summed E-state index contributed by atoms with van der Waals surface area (Å²) in [6.07, 6.45) is 2.01. The van der Waals surface area contributed by atoms with Gasteiger partial charge in [-0.2, -0.15) is 0 Å². The Kier molecular flexibility index (Phi) is 4.68. The second kappa shape index (κ2) is 6.27. The quantitative estimate of drug-likeness (QED) is 0.855. The third-order valence-corrected chi connectivity index (χ3v) is 4.40. The molecule has 0 fully saturated rings. The lowest BCUT2D eigenvalue weighted by molar-refractivity contribution is -0.116. The van der Waals surface area contributed by atoms with Gasteiger partial charge in [-0.15, -0.1) is 22.7 Å². The number of aromatic nitrogens is 1. The Morgan fingerprint density at radius 3 is 2.68 bits per heavy atom. The Balaban J connectivity index is 1.82. The molecule has 0 aliphatic carbocycles. The maximum Gasteiger partial charge on any atom is 0.226 e. The number of ketones is 1. The zero-order valence-corrected chi connectivity index (χ0v) is 12.5. The number of amides is 1. The zero-order chi connectivity index (χ0) is 13.8. The number of carbonyl (C=O) groups is 2. The Morgan fingerprint density at radius 1 is 1.32 bits per heavy atom. The number of aryl methyl sites for hydroxylation is 1. The predicted molar refractivity (Wildman–Crippen MR) is 78.4 cm³/mol. The van der Waals surface area contributed by atoms with Crippen LogP contribution in [0.1, 0.15) is 27.4 Å². The van der Waals surface area contributed by atoms with Crippen molar-refractivity contribution in [3.63, 3.8) is 0 Å². The highest BCUT2D eigenvalue weighted by Gasteiger charge is 2.12. The number of Topliss-reactive ketones (excluding diaryl/α,β-unsaturated/α-hetero) is 1. The third-order valence-electron chi connectivity index (χ3n) is 2.29. The molecule has 0 saturated heterocycles. The minimum atomic E-state index is -0.203. The largest absolute Gasteiger partial charge is 0.302 e. The lowest BCUT2D eigenvalue weighted by atomic mass is 10.2. The molecular formula is C12H11ClN2O2S2. The molecule has 0 bridgehead atoms. The number of carbonyl (C=O) groups excluding carboxylic acids is 2. The fourth-order valence-corrected chi connectivity index (χ4v) is 3.10. The monoisotopic (exact) mass is 314 g/mol. The second-order valence-electron chi connectivity index (χ2n) is 3.85. The number of nitrogens with one attached hydrogen (secondary N) is 1. The number of hydrogen-bond acceptors (Lipinski definition) is 5. The van der Waals surface area contributed by atoms with E-state index < -0.39 is 0 Å². The summed E-state index contributed by atoms with van der Waals surface area (Å²) in [5.41, 5.74) is 0. The van der Waals surface area contributed by atoms with Crippen LogP contribution in [-0.4, -0.2) is 16.7 Å². The molecule has 0 aliphatic rings. The van der Waals surface area contributed by atoms with Crippen LogP contribution in [-0.2, 0) is 4.79 Å². The smallest absolute Gasteiger partial charge is 0.226 e. The summed E-state index contributed by atoms with van der Waals surface area (Å²) in [5, 5.41) is 3.23. The summed E-state index contributed by atoms with van der Waals surface area (Å²) in [6.45, 7) is 1.91. The van der Waals surface area contributed by atoms with Gasteiger partial charge in [-0.3, -0.25) is 9.59 Å². The molecule has 0 aromatic carbocycles. The molecule has 0 spiro atoms. The van der Waals surface area contributed by atoms with Crippen molar-refractivity contribution >= 4 is 51.1 Å². The van der Waals surface area contributed by atoms with Crippen molar-refractivity contribution in [1.29, 1.82) is 0 Å². The number of halogens is 1. The van der Waals surface area contributed by atoms with Crippen molar-refractivity contribution in [2.75, 3.05) is 5.32 Å². The summed E-state index contributed by atoms with van der Waals surface area (Å²) in [4.78, 5) is 29.1. The van der Waals surface area contributed by atoms with Crippen molar-refractivity contribution in [3.05, 3.63) is 32.4 Å². The Bertz CT molecular complexity index is 606. The summed E-state index contributed by atoms with van der Waals surface area (Å²) in [6, 6.07) is 3.36. The van der Waals surface area contributed by atoms with Crippen LogP contribution in [0.3, 0.4) is 0 Å². The van der Waals surface area contributed by atoms with E-state index >= 15 is 0 Å². The van der Waals surface area contributed by atoms with E-state index in [1.54, 1.807) is 18.3 Å². The molecule has 0 radical (unpaired) electrons. The summed E-state index contributed by atoms with van der Waals surface area (Å²) in [5.74, 6) is -0.271. The minimum Gasteiger partial charge on any atom is -0.302 e. The molecule has 4 nitrogen and oxygen atoms in total. The first kappa shape index (κ1) is 14.2. The lowest BCUT2D eigenvalue weighted by Crippen LogP contribution is -2.12. The van der Waals surface area contributed by atoms with E-state index in [0.717, 1.165) is 4.88 Å². The van der Waals surface area contributed by atoms with E-state index in [1.165, 1.54) is 22.7 Å². The summed E-state index contributed by atoms with van der Waals surface area (Å²) in [7, 11) is 0. The Labute approximate surface area is 123 Å². The van der Waals surface area contributed by atoms with E-state index in [4.69, 9.17) is 11.6 Å². The van der Waals surface area contributed by atoms with Crippen LogP contribution in [0.15, 0.2) is 18.3 Å². The van der Waals surface area contributed by atoms with Gasteiger partial charge in [0.1, 0.15) is 0 Å². The molecule has 2 rings (SSSR count). The van der Waals surface area contributed by atoms with Crippen LogP contribution < -0.4 is 5.32 Å². The van der Waals surface area contributed by atoms with Gasteiger partial charge < -0.3 is 5.32 Å². The normalized spacial score (nSPS) is 10.4. The highest BCUT2D eigenvalue weighted by atomic mass is 35.5. The van der Waals surface area contributed by atoms with Gasteiger partial charge in [0.2, 0.25) is 5.91 Å². The van der Waals surface area contributed by atoms with Crippen LogP contribution in [0, 0.1) is 6.92 Å². The van der Waals surface area contributed by atoms with Crippen LogP contribution in [0.4, 0.5) is 5.13 Å². The number of thiophene rings is 1. The Morgan fingerprint density at radius 2 is 2.11 bits per heavy atom. The number of rotatable bonds is 5. The predicted octanol–water partition coefficient (Wildman–Crippen LogP) is 3.77. The third kappa shape index (κ3) is 4.12. The molecule has 100 valence electrons. The molecule has 7 heteroatoms. The van der Waals surface area contributed by atoms with Crippen molar-refractivity contribution < 1.29 is 9.59 Å². The summed E-state index contributed by atoms with van der Waals surface area (Å²) >= 11 is 8.39. The average molecular weight is 315 g/mol. The van der Waals surface area contributed by atoms with E-state index in [0.29, 0.717) is 14.3 Å². The zero-order valence-electron chi connectivity index (χ0n) is 10.1. The molecule has 0 aliphatic heterocycles. The van der Waals surface area contributed by atoms with E-state index in [1.807, 2.05) is 6.92 Å². The van der Waals surface area contributed by atoms with Crippen molar-refractivity contribution in [1.82, 2.24) is 4.98 Å². The molecule has 2 aromatic heterocycles. The fourth-order valence-electron chi connectivity index (χ4n) is 1.41. The summed E-state index contributed by atoms with van der Waals surface area (Å²) < 4.78 is 0.575. The van der Waals surface area contributed by atoms with Crippen molar-refractivity contribution in [3.8, 4) is 0 Å². The van der Waals surface area contributed by atoms with Gasteiger partial charge >= 0.3 is 0 Å². The van der Waals surface area contributed by atoms with Gasteiger partial charge in [0.25, 0.3) is 0 Å². The van der Waals surface area contributed by atoms with Crippen LogP contribution >= 0.6 is 34.3 Å². The van der Waals surface area contributed by atoms with Gasteiger partial charge in [-0.25, -0.2) is 4.98 Å². The first-order chi connectivity index (χ1) is 9.04. The maximum atomic E-state index is 11.8. The first-order valence-electron chi connectivity index (χ1n) is 5.55. The topological polar surface area (TPSA) is 59.1 Å². The fraction of sp³-hybridized carbons (Fsp3) is 0.250. The SMILES string of the molecule is Cc1cnc(NC(=O)CCC(=O)c2ccc(Cl)s2)s1. The minimum absolute atomic E-state index is 0.0673. The van der Waals surface area contributed by atoms with Crippen molar-refractivity contribution in [2.24, 2.45) is 0 Å². The van der Waals surface area contributed by atoms with Crippen LogP contribution in [0.5, 0.6) is 0 Å². The number of anilines is 1. The molecule has 1 N–H and O–H groups in total. The van der Waals surface area contributed by atoms with Crippen molar-refractivity contribution in [2.45, 2.75) is 19.8 Å². The lowest BCUT2D eigenvalue weighted by Gasteiger charge is -2.00. The molecule has 0 atom stereocenters. The molecule has 0 unspecified atom stereocenters. The van der Waals surface area contributed by atoms with E-state index in [2.05, 4.69) is 10.3 Å². The number of hydrogen-bond donors (Lipinski definition) is 1. The van der Waals surface area contributed by atoms with Gasteiger partial charge in [0.15, 0.2) is 10.9 Å². The van der Waals surface area contributed by atoms with E-state index in [9.17, 15) is 9.59 Å². The van der Waals surface area contributed by atoms with Crippen LogP contribution in [0.2, 0.25) is 4.34 Å². The van der Waals surface area contributed by atoms with Crippen LogP contribution in [0.25, 0.3) is 0 Å². The highest BCUT2D eigenvalue weighted by molar-refractivity contribution is 7.18. The van der Waals surface area contributed by atoms with Gasteiger partial charge in [-0.1, -0.05) is 11.6 Å². The van der Waals surface area contributed by atoms with Gasteiger partial charge in [0, 0.05) is 23.9 Å². The molecule has 0 saturated carbocycles. The molecule has 2 aromatic rings. The molecule has 1 amide bonds. The van der Waals surface area contributed by atoms with Gasteiger partial charge in [0.05, 0.1) is 9.21 Å². The van der Waals surface area contributed by atoms with Gasteiger partial charge in [-0.05, 0) is 19.1 Å². The molecule has 2 heterocycles. The molecule has 19 heavy (non-hydrogen) atoms. The first-order valence-corrected chi connectivity index (χ1v) is 7.56.